The number of aromatic nitrogens is 2. The van der Waals surface area contributed by atoms with Gasteiger partial charge in [-0.1, -0.05) is 0 Å². The van der Waals surface area contributed by atoms with Crippen LogP contribution in [0.15, 0.2) is 12.4 Å². The summed E-state index contributed by atoms with van der Waals surface area (Å²) in [6, 6.07) is 0.0816. The third-order valence-electron chi connectivity index (χ3n) is 1.66. The van der Waals surface area contributed by atoms with E-state index in [1.165, 1.54) is 6.20 Å². The molecule has 0 radical (unpaired) electrons. The van der Waals surface area contributed by atoms with Crippen LogP contribution in [0.1, 0.15) is 6.92 Å². The normalized spacial score (nSPS) is 14.3. The first kappa shape index (κ1) is 11.9. The minimum absolute atomic E-state index is 0.0816. The summed E-state index contributed by atoms with van der Waals surface area (Å²) in [5.41, 5.74) is 2.41. The van der Waals surface area contributed by atoms with Crippen LogP contribution in [-0.2, 0) is 10.8 Å². The molecule has 0 saturated carbocycles. The van der Waals surface area contributed by atoms with Crippen molar-refractivity contribution >= 4 is 22.4 Å². The van der Waals surface area contributed by atoms with Gasteiger partial charge in [-0.05, 0) is 6.92 Å². The number of rotatable bonds is 5. The van der Waals surface area contributed by atoms with Crippen LogP contribution in [-0.4, -0.2) is 32.2 Å². The van der Waals surface area contributed by atoms with Crippen molar-refractivity contribution in [3.8, 4) is 0 Å². The number of nitrogens with zero attached hydrogens (tertiary/aromatic N) is 2. The highest BCUT2D eigenvalue weighted by Gasteiger charge is 2.05. The first-order chi connectivity index (χ1) is 7.11. The Hall–Kier alpha value is -1.21. The van der Waals surface area contributed by atoms with E-state index in [-0.39, 0.29) is 6.04 Å². The SMILES string of the molecule is CC(CS(C)=O)Nc1cncc(NN)n1. The second-order valence-corrected chi connectivity index (χ2v) is 4.70. The number of nitrogens with one attached hydrogen (secondary N) is 2. The van der Waals surface area contributed by atoms with Crippen molar-refractivity contribution in [2.45, 2.75) is 13.0 Å². The molecule has 1 heterocycles. The smallest absolute Gasteiger partial charge is 0.160 e. The van der Waals surface area contributed by atoms with E-state index >= 15 is 0 Å². The van der Waals surface area contributed by atoms with Crippen LogP contribution in [0, 0.1) is 0 Å². The Morgan fingerprint density at radius 3 is 2.80 bits per heavy atom. The summed E-state index contributed by atoms with van der Waals surface area (Å²) in [6.45, 7) is 1.94. The van der Waals surface area contributed by atoms with E-state index in [4.69, 9.17) is 5.84 Å². The Bertz CT molecular complexity index is 346. The van der Waals surface area contributed by atoms with Crippen LogP contribution in [0.3, 0.4) is 0 Å². The predicted octanol–water partition coefficient (Wildman–Crippen LogP) is -0.0589. The lowest BCUT2D eigenvalue weighted by Crippen LogP contribution is -2.23. The van der Waals surface area contributed by atoms with Crippen LogP contribution in [0.4, 0.5) is 11.6 Å². The maximum absolute atomic E-state index is 11.0. The van der Waals surface area contributed by atoms with Crippen LogP contribution in [0.25, 0.3) is 0 Å². The van der Waals surface area contributed by atoms with Gasteiger partial charge in [-0.3, -0.25) is 9.19 Å². The van der Waals surface area contributed by atoms with Gasteiger partial charge in [0.05, 0.1) is 12.4 Å². The quantitative estimate of drug-likeness (QED) is 0.484. The van der Waals surface area contributed by atoms with Crippen molar-refractivity contribution < 1.29 is 4.21 Å². The average molecular weight is 229 g/mol. The molecule has 7 heteroatoms. The Morgan fingerprint density at radius 1 is 1.53 bits per heavy atom. The highest BCUT2D eigenvalue weighted by atomic mass is 32.2. The van der Waals surface area contributed by atoms with Gasteiger partial charge in [-0.15, -0.1) is 0 Å². The largest absolute Gasteiger partial charge is 0.365 e. The van der Waals surface area contributed by atoms with Gasteiger partial charge in [0.1, 0.15) is 5.82 Å². The monoisotopic (exact) mass is 229 g/mol. The minimum atomic E-state index is -0.827. The molecule has 0 aromatic carbocycles. The lowest BCUT2D eigenvalue weighted by molar-refractivity contribution is 0.683. The molecular formula is C8H15N5OS. The van der Waals surface area contributed by atoms with Crippen molar-refractivity contribution in [2.24, 2.45) is 5.84 Å². The topological polar surface area (TPSA) is 92.9 Å². The van der Waals surface area contributed by atoms with Crippen LogP contribution >= 0.6 is 0 Å². The molecule has 4 N–H and O–H groups in total. The Balaban J connectivity index is 2.59. The third kappa shape index (κ3) is 4.22. The molecule has 0 saturated heterocycles. The lowest BCUT2D eigenvalue weighted by Gasteiger charge is -2.12. The van der Waals surface area contributed by atoms with E-state index in [0.717, 1.165) is 0 Å². The fourth-order valence-corrected chi connectivity index (χ4v) is 1.94. The number of anilines is 2. The number of hydrogen-bond donors (Lipinski definition) is 3. The molecule has 6 nitrogen and oxygen atoms in total. The van der Waals surface area contributed by atoms with E-state index in [9.17, 15) is 4.21 Å². The molecule has 0 aliphatic heterocycles. The molecule has 0 bridgehead atoms. The van der Waals surface area contributed by atoms with Gasteiger partial charge in [0.15, 0.2) is 5.82 Å². The summed E-state index contributed by atoms with van der Waals surface area (Å²) in [6.07, 6.45) is 4.78. The van der Waals surface area contributed by atoms with Gasteiger partial charge in [0.25, 0.3) is 0 Å². The summed E-state index contributed by atoms with van der Waals surface area (Å²) < 4.78 is 11.0. The fraction of sp³-hybridized carbons (Fsp3) is 0.500. The van der Waals surface area contributed by atoms with Gasteiger partial charge in [-0.25, -0.2) is 10.8 Å². The van der Waals surface area contributed by atoms with E-state index in [1.807, 2.05) is 6.92 Å². The second-order valence-electron chi connectivity index (χ2n) is 3.22. The van der Waals surface area contributed by atoms with E-state index in [1.54, 1.807) is 12.5 Å². The summed E-state index contributed by atoms with van der Waals surface area (Å²) in [5, 5.41) is 3.09. The van der Waals surface area contributed by atoms with Crippen molar-refractivity contribution in [1.82, 2.24) is 9.97 Å². The fourth-order valence-electron chi connectivity index (χ4n) is 1.15. The first-order valence-electron chi connectivity index (χ1n) is 4.47. The van der Waals surface area contributed by atoms with Crippen molar-refractivity contribution in [1.29, 1.82) is 0 Å². The number of nitrogens with two attached hydrogens (primary N) is 1. The molecule has 0 spiro atoms. The second kappa shape index (κ2) is 5.62. The minimum Gasteiger partial charge on any atom is -0.365 e. The molecule has 0 fully saturated rings. The highest BCUT2D eigenvalue weighted by Crippen LogP contribution is 2.06. The van der Waals surface area contributed by atoms with Crippen LogP contribution in [0.5, 0.6) is 0 Å². The Labute approximate surface area is 91.1 Å². The summed E-state index contributed by atoms with van der Waals surface area (Å²) in [7, 11) is -0.827. The van der Waals surface area contributed by atoms with Gasteiger partial charge < -0.3 is 10.7 Å². The van der Waals surface area contributed by atoms with Gasteiger partial charge in [-0.2, -0.15) is 0 Å². The van der Waals surface area contributed by atoms with Gasteiger partial charge in [0.2, 0.25) is 0 Å². The standard InChI is InChI=1S/C8H15N5OS/c1-6(5-15(2)14)11-7-3-10-4-8(12-7)13-9/h3-4,6H,5,9H2,1-2H3,(H2,11,12,13). The molecule has 2 unspecified atom stereocenters. The summed E-state index contributed by atoms with van der Waals surface area (Å²) in [5.74, 6) is 6.88. The third-order valence-corrected chi connectivity index (χ3v) is 2.63. The van der Waals surface area contributed by atoms with Gasteiger partial charge in [0, 0.05) is 28.9 Å². The summed E-state index contributed by atoms with van der Waals surface area (Å²) in [4.78, 5) is 8.07. The molecule has 1 rings (SSSR count). The molecule has 0 aliphatic carbocycles. The lowest BCUT2D eigenvalue weighted by atomic mass is 10.4. The molecule has 15 heavy (non-hydrogen) atoms. The molecule has 1 aromatic heterocycles. The zero-order valence-electron chi connectivity index (χ0n) is 8.73. The molecule has 0 amide bonds. The number of nitrogen functional groups attached to an aromatic ring is 1. The van der Waals surface area contributed by atoms with E-state index in [2.05, 4.69) is 20.7 Å². The maximum Gasteiger partial charge on any atom is 0.160 e. The van der Waals surface area contributed by atoms with Crippen LogP contribution < -0.4 is 16.6 Å². The Morgan fingerprint density at radius 2 is 2.20 bits per heavy atom. The number of hydrogen-bond acceptors (Lipinski definition) is 6. The van der Waals surface area contributed by atoms with Crippen molar-refractivity contribution in [3.05, 3.63) is 12.4 Å². The Kier molecular flexibility index (Phi) is 4.44. The molecular weight excluding hydrogens is 214 g/mol. The van der Waals surface area contributed by atoms with Crippen LogP contribution in [0.2, 0.25) is 0 Å². The van der Waals surface area contributed by atoms with Gasteiger partial charge >= 0.3 is 0 Å². The summed E-state index contributed by atoms with van der Waals surface area (Å²) >= 11 is 0. The molecule has 84 valence electrons. The zero-order valence-corrected chi connectivity index (χ0v) is 9.54. The van der Waals surface area contributed by atoms with Crippen molar-refractivity contribution in [3.63, 3.8) is 0 Å². The first-order valence-corrected chi connectivity index (χ1v) is 6.19. The molecule has 2 atom stereocenters. The van der Waals surface area contributed by atoms with E-state index in [0.29, 0.717) is 17.4 Å². The predicted molar refractivity (Wildman–Crippen MR) is 61.9 cm³/mol. The van der Waals surface area contributed by atoms with E-state index < -0.39 is 10.8 Å². The maximum atomic E-state index is 11.0. The zero-order chi connectivity index (χ0) is 11.3. The molecule has 1 aromatic rings. The molecule has 0 aliphatic rings. The average Bonchev–Trinajstić information content (AvgIpc) is 2.16. The highest BCUT2D eigenvalue weighted by molar-refractivity contribution is 7.84. The number of hydrazine groups is 1. The van der Waals surface area contributed by atoms with Crippen molar-refractivity contribution in [2.75, 3.05) is 22.8 Å².